The predicted molar refractivity (Wildman–Crippen MR) is 86.5 cm³/mol. The van der Waals surface area contributed by atoms with E-state index in [-0.39, 0.29) is 16.7 Å². The topological polar surface area (TPSA) is 63.2 Å². The Balaban J connectivity index is 2.93. The summed E-state index contributed by atoms with van der Waals surface area (Å²) in [4.78, 5) is 12.4. The van der Waals surface area contributed by atoms with Gasteiger partial charge in [0.1, 0.15) is 0 Å². The molecular weight excluding hydrogens is 310 g/mol. The van der Waals surface area contributed by atoms with Gasteiger partial charge in [0.2, 0.25) is 5.91 Å². The molecule has 1 amide bonds. The van der Waals surface area contributed by atoms with Crippen LogP contribution in [0.1, 0.15) is 39.5 Å². The predicted octanol–water partition coefficient (Wildman–Crippen LogP) is 3.90. The second-order valence-corrected chi connectivity index (χ2v) is 7.57. The Bertz CT molecular complexity index is 599. The highest BCUT2D eigenvalue weighted by Gasteiger charge is 2.18. The fourth-order valence-electron chi connectivity index (χ4n) is 2.04. The first-order valence-corrected chi connectivity index (χ1v) is 9.37. The standard InChI is InChI=1S/C15H22ClNO3S/c1-4-6-7-11(5-2)15(18)17-14-10-12(21(3,19)20)8-9-13(14)16/h8-11H,4-7H2,1-3H3,(H,17,18)/t11-/m0/s1. The van der Waals surface area contributed by atoms with Gasteiger partial charge in [0, 0.05) is 12.2 Å². The molecule has 0 spiro atoms. The third-order valence-corrected chi connectivity index (χ3v) is 4.83. The highest BCUT2D eigenvalue weighted by Crippen LogP contribution is 2.26. The van der Waals surface area contributed by atoms with Gasteiger partial charge >= 0.3 is 0 Å². The van der Waals surface area contributed by atoms with E-state index in [1.807, 2.05) is 6.92 Å². The second kappa shape index (κ2) is 7.80. The van der Waals surface area contributed by atoms with Crippen LogP contribution in [0.4, 0.5) is 5.69 Å². The van der Waals surface area contributed by atoms with Crippen LogP contribution in [0.5, 0.6) is 0 Å². The number of hydrogen-bond donors (Lipinski definition) is 1. The summed E-state index contributed by atoms with van der Waals surface area (Å²) >= 11 is 6.03. The Morgan fingerprint density at radius 3 is 2.52 bits per heavy atom. The lowest BCUT2D eigenvalue weighted by Crippen LogP contribution is -2.22. The number of amides is 1. The van der Waals surface area contributed by atoms with Crippen molar-refractivity contribution >= 4 is 33.0 Å². The molecule has 0 aliphatic rings. The van der Waals surface area contributed by atoms with Gasteiger partial charge in [-0.3, -0.25) is 4.79 Å². The minimum absolute atomic E-state index is 0.0806. The van der Waals surface area contributed by atoms with Gasteiger partial charge in [-0.2, -0.15) is 0 Å². The molecule has 1 rings (SSSR count). The number of carbonyl (C=O) groups excluding carboxylic acids is 1. The zero-order valence-electron chi connectivity index (χ0n) is 12.6. The van der Waals surface area contributed by atoms with E-state index in [4.69, 9.17) is 11.6 Å². The van der Waals surface area contributed by atoms with Gasteiger partial charge in [0.25, 0.3) is 0 Å². The quantitative estimate of drug-likeness (QED) is 0.824. The average molecular weight is 332 g/mol. The minimum atomic E-state index is -3.33. The molecule has 0 aliphatic carbocycles. The van der Waals surface area contributed by atoms with Crippen molar-refractivity contribution in [3.8, 4) is 0 Å². The molecule has 118 valence electrons. The number of anilines is 1. The molecule has 0 saturated carbocycles. The molecule has 0 radical (unpaired) electrons. The van der Waals surface area contributed by atoms with Crippen molar-refractivity contribution in [1.29, 1.82) is 0 Å². The van der Waals surface area contributed by atoms with Crippen molar-refractivity contribution in [1.82, 2.24) is 0 Å². The van der Waals surface area contributed by atoms with Gasteiger partial charge in [-0.1, -0.05) is 38.3 Å². The average Bonchev–Trinajstić information content (AvgIpc) is 2.41. The van der Waals surface area contributed by atoms with E-state index in [0.29, 0.717) is 10.7 Å². The van der Waals surface area contributed by atoms with Crippen LogP contribution in [0, 0.1) is 5.92 Å². The maximum atomic E-state index is 12.2. The lowest BCUT2D eigenvalue weighted by atomic mass is 9.98. The van der Waals surface area contributed by atoms with E-state index >= 15 is 0 Å². The van der Waals surface area contributed by atoms with Crippen LogP contribution in [0.2, 0.25) is 5.02 Å². The molecule has 0 aliphatic heterocycles. The molecule has 1 aromatic rings. The zero-order valence-corrected chi connectivity index (χ0v) is 14.2. The van der Waals surface area contributed by atoms with E-state index < -0.39 is 9.84 Å². The van der Waals surface area contributed by atoms with Crippen LogP contribution >= 0.6 is 11.6 Å². The van der Waals surface area contributed by atoms with Crippen LogP contribution in [0.3, 0.4) is 0 Å². The first kappa shape index (κ1) is 18.0. The van der Waals surface area contributed by atoms with Gasteiger partial charge in [-0.25, -0.2) is 8.42 Å². The second-order valence-electron chi connectivity index (χ2n) is 5.15. The van der Waals surface area contributed by atoms with Gasteiger partial charge < -0.3 is 5.32 Å². The molecule has 4 nitrogen and oxygen atoms in total. The molecule has 0 saturated heterocycles. The smallest absolute Gasteiger partial charge is 0.227 e. The molecular formula is C15H22ClNO3S. The largest absolute Gasteiger partial charge is 0.324 e. The van der Waals surface area contributed by atoms with Crippen molar-refractivity contribution < 1.29 is 13.2 Å². The Morgan fingerprint density at radius 1 is 1.33 bits per heavy atom. The Kier molecular flexibility index (Phi) is 6.68. The Morgan fingerprint density at radius 2 is 2.00 bits per heavy atom. The highest BCUT2D eigenvalue weighted by molar-refractivity contribution is 7.90. The lowest BCUT2D eigenvalue weighted by Gasteiger charge is -2.15. The molecule has 6 heteroatoms. The molecule has 0 fully saturated rings. The normalized spacial score (nSPS) is 13.0. The summed E-state index contributed by atoms with van der Waals surface area (Å²) in [5.74, 6) is -0.193. The summed E-state index contributed by atoms with van der Waals surface area (Å²) in [6.07, 6.45) is 4.71. The minimum Gasteiger partial charge on any atom is -0.324 e. The van der Waals surface area contributed by atoms with E-state index in [1.165, 1.54) is 18.2 Å². The van der Waals surface area contributed by atoms with E-state index in [9.17, 15) is 13.2 Å². The summed E-state index contributed by atoms with van der Waals surface area (Å²) in [5.41, 5.74) is 0.347. The van der Waals surface area contributed by atoms with Crippen LogP contribution in [-0.2, 0) is 14.6 Å². The van der Waals surface area contributed by atoms with Crippen LogP contribution in [-0.4, -0.2) is 20.6 Å². The summed E-state index contributed by atoms with van der Waals surface area (Å²) in [6, 6.07) is 4.32. The molecule has 0 heterocycles. The molecule has 21 heavy (non-hydrogen) atoms. The van der Waals surface area contributed by atoms with E-state index in [2.05, 4.69) is 12.2 Å². The fourth-order valence-corrected chi connectivity index (χ4v) is 2.85. The molecule has 1 atom stereocenters. The fraction of sp³-hybridized carbons (Fsp3) is 0.533. The van der Waals surface area contributed by atoms with Crippen LogP contribution in [0.25, 0.3) is 0 Å². The first-order chi connectivity index (χ1) is 9.79. The first-order valence-electron chi connectivity index (χ1n) is 7.10. The van der Waals surface area contributed by atoms with Gasteiger partial charge in [-0.05, 0) is 31.0 Å². The number of nitrogens with one attached hydrogen (secondary N) is 1. The third kappa shape index (κ3) is 5.32. The Labute approximate surface area is 131 Å². The van der Waals surface area contributed by atoms with Crippen LogP contribution in [0.15, 0.2) is 23.1 Å². The maximum Gasteiger partial charge on any atom is 0.227 e. The number of rotatable bonds is 7. The summed E-state index contributed by atoms with van der Waals surface area (Å²) in [5, 5.41) is 3.08. The van der Waals surface area contributed by atoms with Gasteiger partial charge in [0.15, 0.2) is 9.84 Å². The highest BCUT2D eigenvalue weighted by atomic mass is 35.5. The number of unbranched alkanes of at least 4 members (excludes halogenated alkanes) is 1. The van der Waals surface area contributed by atoms with Crippen molar-refractivity contribution in [2.75, 3.05) is 11.6 Å². The van der Waals surface area contributed by atoms with Crippen LogP contribution < -0.4 is 5.32 Å². The summed E-state index contributed by atoms with van der Waals surface area (Å²) < 4.78 is 23.1. The zero-order chi connectivity index (χ0) is 16.0. The number of hydrogen-bond acceptors (Lipinski definition) is 3. The number of carbonyl (C=O) groups is 1. The SMILES string of the molecule is CCCC[C@H](CC)C(=O)Nc1cc(S(C)(=O)=O)ccc1Cl. The summed E-state index contributed by atoms with van der Waals surface area (Å²) in [7, 11) is -3.33. The van der Waals surface area contributed by atoms with Crippen molar-refractivity contribution in [2.24, 2.45) is 5.92 Å². The molecule has 0 aromatic heterocycles. The van der Waals surface area contributed by atoms with Gasteiger partial charge in [0.05, 0.1) is 15.6 Å². The van der Waals surface area contributed by atoms with Crippen molar-refractivity contribution in [3.05, 3.63) is 23.2 Å². The van der Waals surface area contributed by atoms with Crippen molar-refractivity contribution in [3.63, 3.8) is 0 Å². The molecule has 0 unspecified atom stereocenters. The van der Waals surface area contributed by atoms with E-state index in [0.717, 1.165) is 31.9 Å². The molecule has 0 bridgehead atoms. The number of sulfone groups is 1. The number of benzene rings is 1. The molecule has 1 N–H and O–H groups in total. The van der Waals surface area contributed by atoms with Gasteiger partial charge in [-0.15, -0.1) is 0 Å². The molecule has 1 aromatic carbocycles. The third-order valence-electron chi connectivity index (χ3n) is 3.39. The monoisotopic (exact) mass is 331 g/mol. The van der Waals surface area contributed by atoms with E-state index in [1.54, 1.807) is 0 Å². The van der Waals surface area contributed by atoms with Crippen molar-refractivity contribution in [2.45, 2.75) is 44.4 Å². The lowest BCUT2D eigenvalue weighted by molar-refractivity contribution is -0.120. The Hall–Kier alpha value is -1.07. The summed E-state index contributed by atoms with van der Waals surface area (Å²) in [6.45, 7) is 4.05. The number of halogens is 1. The maximum absolute atomic E-state index is 12.2.